The second kappa shape index (κ2) is 4.71. The number of halogens is 1. The molecule has 0 heterocycles. The summed E-state index contributed by atoms with van der Waals surface area (Å²) < 4.78 is -0.375. The maximum Gasteiger partial charge on any atom is 0.132 e. The predicted octanol–water partition coefficient (Wildman–Crippen LogP) is 4.00. The van der Waals surface area contributed by atoms with Gasteiger partial charge in [-0.3, -0.25) is 0 Å². The molecule has 0 bridgehead atoms. The van der Waals surface area contributed by atoms with E-state index in [1.54, 1.807) is 0 Å². The smallest absolute Gasteiger partial charge is 0.118 e. The van der Waals surface area contributed by atoms with Gasteiger partial charge in [0.05, 0.1) is 0 Å². The van der Waals surface area contributed by atoms with Crippen LogP contribution in [0.2, 0.25) is 0 Å². The molecular weight excluding hydrogens is 307 g/mol. The van der Waals surface area contributed by atoms with E-state index in [0.717, 1.165) is 11.1 Å². The molecule has 0 radical (unpaired) electrons. The van der Waals surface area contributed by atoms with Crippen molar-refractivity contribution >= 4 is 22.6 Å². The zero-order valence-electron chi connectivity index (χ0n) is 8.73. The lowest BCUT2D eigenvalue weighted by atomic mass is 9.92. The van der Waals surface area contributed by atoms with E-state index in [-0.39, 0.29) is 3.42 Å². The average Bonchev–Trinajstić information content (AvgIpc) is 2.40. The summed E-state index contributed by atoms with van der Waals surface area (Å²) in [6, 6.07) is 20.3. The van der Waals surface area contributed by atoms with Crippen molar-refractivity contribution in [2.45, 2.75) is 3.42 Å². The van der Waals surface area contributed by atoms with Crippen molar-refractivity contribution in [1.82, 2.24) is 0 Å². The van der Waals surface area contributed by atoms with Crippen LogP contribution in [0.5, 0.6) is 0 Å². The van der Waals surface area contributed by atoms with Crippen LogP contribution in [-0.2, 0) is 3.42 Å². The van der Waals surface area contributed by atoms with Crippen LogP contribution >= 0.6 is 22.6 Å². The molecule has 2 aromatic rings. The van der Waals surface area contributed by atoms with Gasteiger partial charge in [-0.05, 0) is 11.1 Å². The maximum absolute atomic E-state index is 5.71. The topological polar surface area (TPSA) is 0 Å². The van der Waals surface area contributed by atoms with Crippen molar-refractivity contribution in [3.05, 3.63) is 71.8 Å². The molecule has 78 valence electrons. The van der Waals surface area contributed by atoms with E-state index in [2.05, 4.69) is 52.8 Å². The van der Waals surface area contributed by atoms with Crippen molar-refractivity contribution in [2.75, 3.05) is 0 Å². The van der Waals surface area contributed by atoms with Crippen LogP contribution in [0.4, 0.5) is 0 Å². The molecule has 0 saturated heterocycles. The Morgan fingerprint density at radius 1 is 0.812 bits per heavy atom. The number of benzene rings is 2. The number of rotatable bonds is 2. The first-order valence-corrected chi connectivity index (χ1v) is 6.13. The van der Waals surface area contributed by atoms with Gasteiger partial charge in [0.2, 0.25) is 0 Å². The summed E-state index contributed by atoms with van der Waals surface area (Å²) in [5.74, 6) is 2.90. The van der Waals surface area contributed by atoms with Gasteiger partial charge in [0, 0.05) is 0 Å². The highest BCUT2D eigenvalue weighted by molar-refractivity contribution is 14.1. The fourth-order valence-electron chi connectivity index (χ4n) is 1.67. The Bertz CT molecular complexity index is 454. The number of hydrogen-bond donors (Lipinski definition) is 0. The summed E-state index contributed by atoms with van der Waals surface area (Å²) in [5.41, 5.74) is 2.29. The third-order valence-corrected chi connectivity index (χ3v) is 4.10. The van der Waals surface area contributed by atoms with Crippen LogP contribution < -0.4 is 0 Å². The summed E-state index contributed by atoms with van der Waals surface area (Å²) in [4.78, 5) is 0. The van der Waals surface area contributed by atoms with Gasteiger partial charge in [-0.25, -0.2) is 0 Å². The molecule has 0 saturated carbocycles. The summed E-state index contributed by atoms with van der Waals surface area (Å²) in [6.07, 6.45) is 5.71. The monoisotopic (exact) mass is 318 g/mol. The summed E-state index contributed by atoms with van der Waals surface area (Å²) in [6.45, 7) is 0. The van der Waals surface area contributed by atoms with Crippen LogP contribution in [0, 0.1) is 12.3 Å². The Hall–Kier alpha value is -1.27. The Morgan fingerprint density at radius 2 is 1.19 bits per heavy atom. The van der Waals surface area contributed by atoms with Gasteiger partial charge in [-0.1, -0.05) is 89.2 Å². The second-order valence-electron chi connectivity index (χ2n) is 3.53. The Kier molecular flexibility index (Phi) is 3.31. The minimum Gasteiger partial charge on any atom is -0.118 e. The molecule has 0 fully saturated rings. The molecule has 2 aromatic carbocycles. The van der Waals surface area contributed by atoms with Gasteiger partial charge in [-0.2, -0.15) is 0 Å². The molecule has 0 aliphatic carbocycles. The lowest BCUT2D eigenvalue weighted by Crippen LogP contribution is -2.16. The normalized spacial score (nSPS) is 10.8. The van der Waals surface area contributed by atoms with Crippen molar-refractivity contribution < 1.29 is 0 Å². The van der Waals surface area contributed by atoms with E-state index in [0.29, 0.717) is 0 Å². The number of hydrogen-bond acceptors (Lipinski definition) is 0. The number of alkyl halides is 1. The van der Waals surface area contributed by atoms with Crippen LogP contribution in [0.3, 0.4) is 0 Å². The molecule has 0 aromatic heterocycles. The van der Waals surface area contributed by atoms with Crippen LogP contribution in [0.15, 0.2) is 60.7 Å². The van der Waals surface area contributed by atoms with E-state index < -0.39 is 0 Å². The zero-order valence-corrected chi connectivity index (χ0v) is 10.9. The minimum atomic E-state index is -0.375. The molecule has 0 atom stereocenters. The lowest BCUT2D eigenvalue weighted by Gasteiger charge is -2.22. The third kappa shape index (κ3) is 1.98. The summed E-state index contributed by atoms with van der Waals surface area (Å²) in [5, 5.41) is 0. The molecular formula is C15H11I. The predicted molar refractivity (Wildman–Crippen MR) is 76.5 cm³/mol. The first kappa shape index (κ1) is 11.2. The van der Waals surface area contributed by atoms with E-state index in [4.69, 9.17) is 6.42 Å². The molecule has 0 nitrogen and oxygen atoms in total. The van der Waals surface area contributed by atoms with Crippen LogP contribution in [0.1, 0.15) is 11.1 Å². The molecule has 2 rings (SSSR count). The largest absolute Gasteiger partial charge is 0.132 e. The van der Waals surface area contributed by atoms with Crippen molar-refractivity contribution in [1.29, 1.82) is 0 Å². The molecule has 0 aliphatic rings. The summed E-state index contributed by atoms with van der Waals surface area (Å²) >= 11 is 2.33. The molecule has 0 aliphatic heterocycles. The highest BCUT2D eigenvalue weighted by Crippen LogP contribution is 2.38. The Labute approximate surface area is 110 Å². The molecule has 16 heavy (non-hydrogen) atoms. The molecule has 0 spiro atoms. The first-order chi connectivity index (χ1) is 7.77. The van der Waals surface area contributed by atoms with Crippen LogP contribution in [-0.4, -0.2) is 0 Å². The molecule has 0 amide bonds. The zero-order chi connectivity index (χ0) is 11.4. The maximum atomic E-state index is 5.71. The SMILES string of the molecule is C#CC(I)(c1ccccc1)c1ccccc1. The fraction of sp³-hybridized carbons (Fsp3) is 0.0667. The van der Waals surface area contributed by atoms with Gasteiger partial charge < -0.3 is 0 Å². The highest BCUT2D eigenvalue weighted by atomic mass is 127. The standard InChI is InChI=1S/C15H11I/c1-2-15(16,13-9-5-3-6-10-13)14-11-7-4-8-12-14/h1,3-12H. The fourth-order valence-corrected chi connectivity index (χ4v) is 2.39. The van der Waals surface area contributed by atoms with Gasteiger partial charge in [0.1, 0.15) is 3.42 Å². The van der Waals surface area contributed by atoms with Crippen molar-refractivity contribution in [2.24, 2.45) is 0 Å². The number of terminal acetylenes is 1. The van der Waals surface area contributed by atoms with Crippen molar-refractivity contribution in [3.8, 4) is 12.3 Å². The van der Waals surface area contributed by atoms with E-state index in [1.807, 2.05) is 36.4 Å². The Balaban J connectivity index is 2.55. The Morgan fingerprint density at radius 3 is 1.50 bits per heavy atom. The average molecular weight is 318 g/mol. The van der Waals surface area contributed by atoms with Gasteiger partial charge in [0.15, 0.2) is 0 Å². The third-order valence-electron chi connectivity index (χ3n) is 2.54. The first-order valence-electron chi connectivity index (χ1n) is 5.05. The van der Waals surface area contributed by atoms with Gasteiger partial charge in [-0.15, -0.1) is 6.42 Å². The lowest BCUT2D eigenvalue weighted by molar-refractivity contribution is 1.03. The van der Waals surface area contributed by atoms with E-state index in [9.17, 15) is 0 Å². The minimum absolute atomic E-state index is 0.375. The van der Waals surface area contributed by atoms with E-state index >= 15 is 0 Å². The molecule has 0 N–H and O–H groups in total. The summed E-state index contributed by atoms with van der Waals surface area (Å²) in [7, 11) is 0. The second-order valence-corrected chi connectivity index (χ2v) is 5.15. The van der Waals surface area contributed by atoms with Gasteiger partial charge in [0.25, 0.3) is 0 Å². The van der Waals surface area contributed by atoms with Gasteiger partial charge >= 0.3 is 0 Å². The van der Waals surface area contributed by atoms with Crippen LogP contribution in [0.25, 0.3) is 0 Å². The molecule has 0 unspecified atom stereocenters. The molecule has 1 heteroatoms. The quantitative estimate of drug-likeness (QED) is 0.446. The van der Waals surface area contributed by atoms with E-state index in [1.165, 1.54) is 0 Å². The highest BCUT2D eigenvalue weighted by Gasteiger charge is 2.27. The van der Waals surface area contributed by atoms with Crippen molar-refractivity contribution in [3.63, 3.8) is 0 Å².